The predicted octanol–water partition coefficient (Wildman–Crippen LogP) is 8.82. The molecule has 0 aliphatic heterocycles. The average molecular weight is 620 g/mol. The van der Waals surface area contributed by atoms with E-state index in [2.05, 4.69) is 5.32 Å². The number of hydrogen-bond acceptors (Lipinski definition) is 4. The first kappa shape index (κ1) is 29.6. The lowest BCUT2D eigenvalue weighted by atomic mass is 9.83. The van der Waals surface area contributed by atoms with Gasteiger partial charge in [-0.1, -0.05) is 77.9 Å². The molecule has 0 aliphatic carbocycles. The Morgan fingerprint density at radius 3 is 1.43 bits per heavy atom. The summed E-state index contributed by atoms with van der Waals surface area (Å²) in [7, 11) is 0. The molecule has 0 aromatic heterocycles. The first-order valence-corrected chi connectivity index (χ1v) is 15.3. The number of carboxylic acid groups (broad SMARTS) is 2. The fourth-order valence-electron chi connectivity index (χ4n) is 6.65. The molecule has 0 aliphatic rings. The fraction of sp³-hybridized carbons (Fsp3) is 0.100. The Balaban J connectivity index is 1.46. The van der Waals surface area contributed by atoms with Crippen LogP contribution in [0.25, 0.3) is 43.1 Å². The van der Waals surface area contributed by atoms with Crippen LogP contribution in [0.3, 0.4) is 0 Å². The second kappa shape index (κ2) is 11.4. The Bertz CT molecular complexity index is 2400. The van der Waals surface area contributed by atoms with Gasteiger partial charge in [0.05, 0.1) is 11.1 Å². The van der Waals surface area contributed by atoms with E-state index in [1.807, 2.05) is 50.2 Å². The normalized spacial score (nSPS) is 11.4. The number of hydrogen-bond donors (Lipinski definition) is 3. The molecule has 0 saturated carbocycles. The quantitative estimate of drug-likeness (QED) is 0.0888. The van der Waals surface area contributed by atoms with Crippen molar-refractivity contribution >= 4 is 72.4 Å². The number of benzene rings is 7. The number of carbonyl (C=O) groups is 4. The molecule has 0 bridgehead atoms. The van der Waals surface area contributed by atoms with Gasteiger partial charge in [0.2, 0.25) is 0 Å². The fourth-order valence-corrected chi connectivity index (χ4v) is 6.65. The molecule has 3 N–H and O–H groups in total. The van der Waals surface area contributed by atoms with Crippen LogP contribution in [0.4, 0.5) is 5.69 Å². The highest BCUT2D eigenvalue weighted by Gasteiger charge is 2.25. The maximum absolute atomic E-state index is 13.7. The molecule has 0 unspecified atom stereocenters. The van der Waals surface area contributed by atoms with Crippen molar-refractivity contribution in [1.82, 2.24) is 0 Å². The molecule has 1 amide bonds. The summed E-state index contributed by atoms with van der Waals surface area (Å²) in [5.74, 6) is -2.95. The number of fused-ring (bicyclic) bond motifs is 2. The number of ketones is 1. The van der Waals surface area contributed by atoms with Crippen molar-refractivity contribution in [3.63, 3.8) is 0 Å². The van der Waals surface area contributed by atoms with Gasteiger partial charge in [0.15, 0.2) is 5.78 Å². The zero-order valence-electron chi connectivity index (χ0n) is 25.7. The number of rotatable bonds is 8. The minimum absolute atomic E-state index is 0.0141. The van der Waals surface area contributed by atoms with Gasteiger partial charge in [0, 0.05) is 34.0 Å². The van der Waals surface area contributed by atoms with Crippen molar-refractivity contribution in [2.45, 2.75) is 26.7 Å². The summed E-state index contributed by atoms with van der Waals surface area (Å²) < 4.78 is 0. The number of carbonyl (C=O) groups excluding carboxylic acids is 2. The Morgan fingerprint density at radius 1 is 0.511 bits per heavy atom. The third-order valence-corrected chi connectivity index (χ3v) is 8.98. The molecule has 0 radical (unpaired) electrons. The molecule has 47 heavy (non-hydrogen) atoms. The van der Waals surface area contributed by atoms with E-state index in [0.29, 0.717) is 55.4 Å². The average Bonchev–Trinajstić information content (AvgIpc) is 3.06. The van der Waals surface area contributed by atoms with Crippen molar-refractivity contribution in [1.29, 1.82) is 0 Å². The lowest BCUT2D eigenvalue weighted by molar-refractivity contribution is 0.0688. The molecule has 0 atom stereocenters. The Kier molecular flexibility index (Phi) is 7.17. The van der Waals surface area contributed by atoms with E-state index in [-0.39, 0.29) is 34.3 Å². The standard InChI is InChI=1S/C40H29NO6/c1-21-3-7-23(8-4-21)9-20-33(42)29-16-12-25-28-15-19-32(40(46)47)37-30(38(43)41-24-10-5-22(2)6-11-24)17-13-26(35(28)37)27-14-18-31(39(44)45)36(29)34(25)27/h3-8,10-19H,9,20H2,1-2H3,(H,41,43)(H,44,45)(H,46,47). The summed E-state index contributed by atoms with van der Waals surface area (Å²) in [6.07, 6.45) is 0.715. The summed E-state index contributed by atoms with van der Waals surface area (Å²) in [5, 5.41) is 27.9. The molecule has 0 spiro atoms. The van der Waals surface area contributed by atoms with Gasteiger partial charge in [-0.2, -0.15) is 0 Å². The predicted molar refractivity (Wildman–Crippen MR) is 185 cm³/mol. The van der Waals surface area contributed by atoms with Crippen LogP contribution >= 0.6 is 0 Å². The first-order chi connectivity index (χ1) is 22.6. The Morgan fingerprint density at radius 2 is 0.936 bits per heavy atom. The van der Waals surface area contributed by atoms with Crippen LogP contribution in [0.15, 0.2) is 97.1 Å². The summed E-state index contributed by atoms with van der Waals surface area (Å²) in [6.45, 7) is 3.94. The molecular formula is C40H29NO6. The zero-order chi connectivity index (χ0) is 33.0. The van der Waals surface area contributed by atoms with Gasteiger partial charge in [0.25, 0.3) is 5.91 Å². The van der Waals surface area contributed by atoms with Crippen molar-refractivity contribution in [3.8, 4) is 0 Å². The second-order valence-corrected chi connectivity index (χ2v) is 12.0. The van der Waals surface area contributed by atoms with Crippen LogP contribution in [-0.4, -0.2) is 33.8 Å². The summed E-state index contributed by atoms with van der Waals surface area (Å²) in [4.78, 5) is 52.5. The largest absolute Gasteiger partial charge is 0.478 e. The van der Waals surface area contributed by atoms with E-state index < -0.39 is 17.8 Å². The lowest BCUT2D eigenvalue weighted by Crippen LogP contribution is -2.14. The third kappa shape index (κ3) is 5.02. The molecule has 7 aromatic rings. The lowest BCUT2D eigenvalue weighted by Gasteiger charge is -2.19. The van der Waals surface area contributed by atoms with Crippen LogP contribution in [0.5, 0.6) is 0 Å². The highest BCUT2D eigenvalue weighted by atomic mass is 16.4. The van der Waals surface area contributed by atoms with Gasteiger partial charge < -0.3 is 15.5 Å². The Labute approximate surface area is 269 Å². The van der Waals surface area contributed by atoms with Gasteiger partial charge in [0.1, 0.15) is 0 Å². The molecule has 0 heterocycles. The summed E-state index contributed by atoms with van der Waals surface area (Å²) >= 11 is 0. The maximum Gasteiger partial charge on any atom is 0.336 e. The SMILES string of the molecule is Cc1ccc(CCC(=O)c2ccc3c4ccc(C(=O)O)c5c(C(=O)Nc6ccc(C)cc6)ccc(c6ccc(C(=O)O)c2c36)c54)cc1. The van der Waals surface area contributed by atoms with E-state index in [1.54, 1.807) is 48.5 Å². The van der Waals surface area contributed by atoms with Crippen molar-refractivity contribution < 1.29 is 29.4 Å². The van der Waals surface area contributed by atoms with Gasteiger partial charge >= 0.3 is 11.9 Å². The number of nitrogens with one attached hydrogen (secondary N) is 1. The molecule has 0 fully saturated rings. The van der Waals surface area contributed by atoms with Gasteiger partial charge in [-0.05, 0) is 88.5 Å². The Hall–Kier alpha value is -6.08. The summed E-state index contributed by atoms with van der Waals surface area (Å²) in [5.41, 5.74) is 4.27. The van der Waals surface area contributed by atoms with Crippen LogP contribution in [0, 0.1) is 13.8 Å². The van der Waals surface area contributed by atoms with E-state index in [1.165, 1.54) is 12.1 Å². The van der Waals surface area contributed by atoms with Gasteiger partial charge in [-0.25, -0.2) is 9.59 Å². The van der Waals surface area contributed by atoms with E-state index in [9.17, 15) is 29.4 Å². The number of aromatic carboxylic acids is 2. The highest BCUT2D eigenvalue weighted by molar-refractivity contribution is 6.38. The summed E-state index contributed by atoms with van der Waals surface area (Å²) in [6, 6.07) is 28.5. The first-order valence-electron chi connectivity index (χ1n) is 15.3. The minimum atomic E-state index is -1.18. The highest BCUT2D eigenvalue weighted by Crippen LogP contribution is 2.44. The minimum Gasteiger partial charge on any atom is -0.478 e. The number of anilines is 1. The molecule has 230 valence electrons. The third-order valence-electron chi connectivity index (χ3n) is 8.98. The monoisotopic (exact) mass is 619 g/mol. The number of carboxylic acids is 2. The van der Waals surface area contributed by atoms with Gasteiger partial charge in [-0.3, -0.25) is 9.59 Å². The molecule has 7 heteroatoms. The van der Waals surface area contributed by atoms with Crippen molar-refractivity contribution in [3.05, 3.63) is 136 Å². The van der Waals surface area contributed by atoms with E-state index in [0.717, 1.165) is 16.7 Å². The van der Waals surface area contributed by atoms with Gasteiger partial charge in [-0.15, -0.1) is 0 Å². The maximum atomic E-state index is 13.7. The van der Waals surface area contributed by atoms with Crippen LogP contribution in [0.1, 0.15) is 64.5 Å². The molecule has 0 saturated heterocycles. The number of aryl methyl sites for hydroxylation is 3. The van der Waals surface area contributed by atoms with Crippen LogP contribution in [0.2, 0.25) is 0 Å². The number of Topliss-reactive ketones (excluding diaryl/α,β-unsaturated/α-hetero) is 1. The van der Waals surface area contributed by atoms with Crippen molar-refractivity contribution in [2.75, 3.05) is 5.32 Å². The van der Waals surface area contributed by atoms with E-state index >= 15 is 0 Å². The number of amides is 1. The van der Waals surface area contributed by atoms with Crippen LogP contribution in [-0.2, 0) is 6.42 Å². The molecule has 7 aromatic carbocycles. The molecule has 7 nitrogen and oxygen atoms in total. The molecule has 7 rings (SSSR count). The second-order valence-electron chi connectivity index (χ2n) is 12.0. The van der Waals surface area contributed by atoms with E-state index in [4.69, 9.17) is 0 Å². The molecular weight excluding hydrogens is 590 g/mol. The topological polar surface area (TPSA) is 121 Å². The van der Waals surface area contributed by atoms with Crippen molar-refractivity contribution in [2.24, 2.45) is 0 Å². The zero-order valence-corrected chi connectivity index (χ0v) is 25.7. The smallest absolute Gasteiger partial charge is 0.336 e. The van der Waals surface area contributed by atoms with Crippen LogP contribution < -0.4 is 5.32 Å².